The van der Waals surface area contributed by atoms with Crippen molar-refractivity contribution in [2.75, 3.05) is 27.8 Å². The van der Waals surface area contributed by atoms with E-state index >= 15 is 0 Å². The zero-order valence-corrected chi connectivity index (χ0v) is 17.3. The first-order valence-electron chi connectivity index (χ1n) is 10.1. The van der Waals surface area contributed by atoms with E-state index in [-0.39, 0.29) is 11.3 Å². The monoisotopic (exact) mass is 392 g/mol. The number of methoxy groups -OCH3 is 2. The lowest BCUT2D eigenvalue weighted by Gasteiger charge is -2.24. The fourth-order valence-electron chi connectivity index (χ4n) is 4.19. The van der Waals surface area contributed by atoms with Gasteiger partial charge in [-0.3, -0.25) is 4.79 Å². The molecule has 0 radical (unpaired) electrons. The summed E-state index contributed by atoms with van der Waals surface area (Å²) in [7, 11) is 5.17. The average molecular weight is 392 g/mol. The molecule has 5 nitrogen and oxygen atoms in total. The fourth-order valence-corrected chi connectivity index (χ4v) is 4.19. The molecule has 3 aromatic rings. The first kappa shape index (κ1) is 19.4. The number of carbonyl (C=O) groups excluding carboxylic acids is 1. The molecule has 1 fully saturated rings. The van der Waals surface area contributed by atoms with Crippen LogP contribution in [0.5, 0.6) is 11.5 Å². The molecule has 152 valence electrons. The molecular weight excluding hydrogens is 364 g/mol. The van der Waals surface area contributed by atoms with Gasteiger partial charge in [0.2, 0.25) is 5.91 Å². The van der Waals surface area contributed by atoms with Gasteiger partial charge in [0.05, 0.1) is 14.2 Å². The lowest BCUT2D eigenvalue weighted by atomic mass is 9.94. The van der Waals surface area contributed by atoms with Gasteiger partial charge in [0, 0.05) is 42.5 Å². The summed E-state index contributed by atoms with van der Waals surface area (Å²) in [4.78, 5) is 18.1. The number of nitrogens with one attached hydrogen (secondary N) is 1. The van der Waals surface area contributed by atoms with Crippen molar-refractivity contribution in [1.82, 2.24) is 9.88 Å². The highest BCUT2D eigenvalue weighted by Crippen LogP contribution is 2.50. The summed E-state index contributed by atoms with van der Waals surface area (Å²) in [5.74, 6) is 1.57. The number of nitrogens with zero attached hydrogens (tertiary/aromatic N) is 1. The molecule has 1 saturated carbocycles. The van der Waals surface area contributed by atoms with Gasteiger partial charge >= 0.3 is 0 Å². The van der Waals surface area contributed by atoms with Crippen LogP contribution in [0.3, 0.4) is 0 Å². The minimum Gasteiger partial charge on any atom is -0.493 e. The molecule has 1 amide bonds. The van der Waals surface area contributed by atoms with Crippen molar-refractivity contribution in [3.8, 4) is 11.5 Å². The van der Waals surface area contributed by atoms with Gasteiger partial charge in [0.1, 0.15) is 0 Å². The Balaban J connectivity index is 1.40. The number of hydrogen-bond donors (Lipinski definition) is 1. The van der Waals surface area contributed by atoms with Gasteiger partial charge in [-0.1, -0.05) is 24.3 Å². The Morgan fingerprint density at radius 1 is 1.10 bits per heavy atom. The number of aromatic amines is 1. The molecule has 0 bridgehead atoms. The van der Waals surface area contributed by atoms with E-state index in [0.717, 1.165) is 30.5 Å². The third kappa shape index (κ3) is 3.82. The maximum absolute atomic E-state index is 12.8. The standard InChI is InChI=1S/C24H28N2O3/c1-26(23(27)11-9-17-8-10-21(28-2)22(14-17)29-3)16-24(12-13-24)19-15-25-20-7-5-4-6-18(19)20/h4-8,10,14-15,25H,9,11-13,16H2,1-3H3. The molecule has 2 aromatic carbocycles. The van der Waals surface area contributed by atoms with Crippen molar-refractivity contribution < 1.29 is 14.3 Å². The van der Waals surface area contributed by atoms with Gasteiger partial charge in [-0.05, 0) is 48.6 Å². The van der Waals surface area contributed by atoms with Crippen molar-refractivity contribution in [2.45, 2.75) is 31.1 Å². The lowest BCUT2D eigenvalue weighted by Crippen LogP contribution is -2.34. The summed E-state index contributed by atoms with van der Waals surface area (Å²) in [5.41, 5.74) is 3.67. The van der Waals surface area contributed by atoms with E-state index in [1.807, 2.05) is 36.2 Å². The summed E-state index contributed by atoms with van der Waals surface area (Å²) >= 11 is 0. The number of para-hydroxylation sites is 1. The number of amides is 1. The summed E-state index contributed by atoms with van der Waals surface area (Å²) in [5, 5.41) is 1.27. The van der Waals surface area contributed by atoms with E-state index in [1.165, 1.54) is 10.9 Å². The number of rotatable bonds is 8. The quantitative estimate of drug-likeness (QED) is 0.622. The van der Waals surface area contributed by atoms with Gasteiger partial charge in [0.15, 0.2) is 11.5 Å². The van der Waals surface area contributed by atoms with E-state index in [4.69, 9.17) is 9.47 Å². The van der Waals surface area contributed by atoms with Crippen LogP contribution in [0.25, 0.3) is 10.9 Å². The summed E-state index contributed by atoms with van der Waals surface area (Å²) in [6.07, 6.45) is 5.55. The second-order valence-electron chi connectivity index (χ2n) is 7.97. The van der Waals surface area contributed by atoms with Crippen LogP contribution < -0.4 is 9.47 Å². The Bertz CT molecular complexity index is 1020. The molecule has 1 aliphatic rings. The van der Waals surface area contributed by atoms with Crippen LogP contribution in [0.2, 0.25) is 0 Å². The van der Waals surface area contributed by atoms with Crippen LogP contribution in [0, 0.1) is 0 Å². The number of H-pyrrole nitrogens is 1. The predicted molar refractivity (Wildman–Crippen MR) is 115 cm³/mol. The number of ether oxygens (including phenoxy) is 2. The van der Waals surface area contributed by atoms with E-state index < -0.39 is 0 Å². The molecule has 0 aliphatic heterocycles. The SMILES string of the molecule is COc1ccc(CCC(=O)N(C)CC2(c3c[nH]c4ccccc34)CC2)cc1OC. The maximum atomic E-state index is 12.8. The predicted octanol–water partition coefficient (Wildman–Crippen LogP) is 4.31. The number of benzene rings is 2. The molecule has 1 N–H and O–H groups in total. The van der Waals surface area contributed by atoms with Crippen molar-refractivity contribution in [2.24, 2.45) is 0 Å². The fraction of sp³-hybridized carbons (Fsp3) is 0.375. The molecular formula is C24H28N2O3. The molecule has 1 heterocycles. The molecule has 0 unspecified atom stereocenters. The third-order valence-electron chi connectivity index (χ3n) is 6.06. The highest BCUT2D eigenvalue weighted by molar-refractivity contribution is 5.85. The van der Waals surface area contributed by atoms with Crippen molar-refractivity contribution in [1.29, 1.82) is 0 Å². The van der Waals surface area contributed by atoms with Crippen LogP contribution >= 0.6 is 0 Å². The molecule has 4 rings (SSSR count). The van der Waals surface area contributed by atoms with Gasteiger partial charge < -0.3 is 19.4 Å². The van der Waals surface area contributed by atoms with Crippen LogP contribution in [0.4, 0.5) is 0 Å². The molecule has 0 saturated heterocycles. The van der Waals surface area contributed by atoms with Crippen molar-refractivity contribution >= 4 is 16.8 Å². The zero-order valence-electron chi connectivity index (χ0n) is 17.3. The summed E-state index contributed by atoms with van der Waals surface area (Å²) < 4.78 is 10.6. The Morgan fingerprint density at radius 3 is 2.59 bits per heavy atom. The number of aromatic nitrogens is 1. The molecule has 0 spiro atoms. The van der Waals surface area contributed by atoms with Gasteiger partial charge in [0.25, 0.3) is 0 Å². The normalized spacial score (nSPS) is 14.6. The van der Waals surface area contributed by atoms with E-state index in [1.54, 1.807) is 14.2 Å². The zero-order chi connectivity index (χ0) is 20.4. The number of hydrogen-bond acceptors (Lipinski definition) is 3. The van der Waals surface area contributed by atoms with E-state index in [9.17, 15) is 4.79 Å². The Morgan fingerprint density at radius 2 is 1.86 bits per heavy atom. The van der Waals surface area contributed by atoms with Crippen molar-refractivity contribution in [3.63, 3.8) is 0 Å². The van der Waals surface area contributed by atoms with Gasteiger partial charge in [-0.2, -0.15) is 0 Å². The second-order valence-corrected chi connectivity index (χ2v) is 7.97. The van der Waals surface area contributed by atoms with E-state index in [2.05, 4.69) is 29.4 Å². The number of fused-ring (bicyclic) bond motifs is 1. The lowest BCUT2D eigenvalue weighted by molar-refractivity contribution is -0.130. The van der Waals surface area contributed by atoms with Crippen LogP contribution in [0.1, 0.15) is 30.4 Å². The Labute approximate surface area is 171 Å². The minimum absolute atomic E-state index is 0.0906. The summed E-state index contributed by atoms with van der Waals surface area (Å²) in [6.45, 7) is 0.764. The van der Waals surface area contributed by atoms with Gasteiger partial charge in [-0.25, -0.2) is 0 Å². The first-order chi connectivity index (χ1) is 14.1. The molecule has 1 aliphatic carbocycles. The van der Waals surface area contributed by atoms with Crippen LogP contribution in [0.15, 0.2) is 48.7 Å². The molecule has 1 aromatic heterocycles. The first-order valence-corrected chi connectivity index (χ1v) is 10.1. The molecule has 0 atom stereocenters. The topological polar surface area (TPSA) is 54.6 Å². The minimum atomic E-state index is 0.0906. The number of carbonyl (C=O) groups is 1. The van der Waals surface area contributed by atoms with Crippen LogP contribution in [-0.4, -0.2) is 43.6 Å². The second kappa shape index (κ2) is 7.82. The Hall–Kier alpha value is -2.95. The third-order valence-corrected chi connectivity index (χ3v) is 6.06. The smallest absolute Gasteiger partial charge is 0.222 e. The molecule has 29 heavy (non-hydrogen) atoms. The largest absolute Gasteiger partial charge is 0.493 e. The number of aryl methyl sites for hydroxylation is 1. The number of likely N-dealkylation sites (N-methyl/N-ethyl adjacent to an activating group) is 1. The average Bonchev–Trinajstić information content (AvgIpc) is 3.39. The van der Waals surface area contributed by atoms with Crippen molar-refractivity contribution in [3.05, 3.63) is 59.8 Å². The highest BCUT2D eigenvalue weighted by atomic mass is 16.5. The highest BCUT2D eigenvalue weighted by Gasteiger charge is 2.47. The maximum Gasteiger partial charge on any atom is 0.222 e. The molecule has 5 heteroatoms. The van der Waals surface area contributed by atoms with Crippen LogP contribution in [-0.2, 0) is 16.6 Å². The van der Waals surface area contributed by atoms with Gasteiger partial charge in [-0.15, -0.1) is 0 Å². The summed E-state index contributed by atoms with van der Waals surface area (Å²) in [6, 6.07) is 14.2. The van der Waals surface area contributed by atoms with E-state index in [0.29, 0.717) is 24.3 Å². The Kier molecular flexibility index (Phi) is 5.22.